The molecule has 0 aromatic heterocycles. The normalized spacial score (nSPS) is 19.0. The van der Waals surface area contributed by atoms with Crippen molar-refractivity contribution in [2.24, 2.45) is 5.11 Å². The summed E-state index contributed by atoms with van der Waals surface area (Å²) in [5.74, 6) is -1.23. The smallest absolute Gasteiger partial charge is 0.407 e. The maximum absolute atomic E-state index is 12.0. The van der Waals surface area contributed by atoms with Gasteiger partial charge >= 0.3 is 12.1 Å². The number of carbonyl (C=O) groups is 3. The summed E-state index contributed by atoms with van der Waals surface area (Å²) in [6.45, 7) is 0.250. The molecule has 1 saturated heterocycles. The number of β-lactam (4-membered cyclic amide) rings is 1. The zero-order chi connectivity index (χ0) is 23.3. The molecule has 0 bridgehead atoms. The number of hydrogen-bond acceptors (Lipinski definition) is 8. The van der Waals surface area contributed by atoms with E-state index in [0.717, 1.165) is 4.90 Å². The number of azide groups is 1. The second-order valence-electron chi connectivity index (χ2n) is 6.83. The molecule has 2 unspecified atom stereocenters. The molecule has 2 aliphatic heterocycles. The molecule has 32 heavy (non-hydrogen) atoms. The number of nitro groups is 1. The molecule has 2 N–H and O–H groups in total. The Kier molecular flexibility index (Phi) is 7.18. The first-order valence-corrected chi connectivity index (χ1v) is 10.4. The molecular formula is C18H18N6O7S. The van der Waals surface area contributed by atoms with Crippen molar-refractivity contribution in [3.05, 3.63) is 61.0 Å². The maximum atomic E-state index is 12.0. The highest BCUT2D eigenvalue weighted by molar-refractivity contribution is 8.03. The Hall–Kier alpha value is -3.77. The van der Waals surface area contributed by atoms with E-state index in [0.29, 0.717) is 29.1 Å². The topological polar surface area (TPSA) is 188 Å². The predicted octanol–water partition coefficient (Wildman–Crippen LogP) is 2.53. The van der Waals surface area contributed by atoms with Crippen LogP contribution in [0.15, 0.2) is 40.0 Å². The Morgan fingerprint density at radius 3 is 2.75 bits per heavy atom. The van der Waals surface area contributed by atoms with E-state index < -0.39 is 35.0 Å². The molecular weight excluding hydrogens is 444 g/mol. The summed E-state index contributed by atoms with van der Waals surface area (Å²) >= 11 is 1.28. The number of carboxylic acids is 1. The monoisotopic (exact) mass is 462 g/mol. The summed E-state index contributed by atoms with van der Waals surface area (Å²) in [5.41, 5.74) is 9.02. The first-order chi connectivity index (χ1) is 15.3. The van der Waals surface area contributed by atoms with E-state index in [9.17, 15) is 29.6 Å². The number of nitrogens with zero attached hydrogens (tertiary/aromatic N) is 5. The minimum atomic E-state index is -1.21. The van der Waals surface area contributed by atoms with E-state index in [1.165, 1.54) is 36.0 Å². The van der Waals surface area contributed by atoms with Crippen LogP contribution in [-0.2, 0) is 20.9 Å². The van der Waals surface area contributed by atoms with Gasteiger partial charge in [-0.05, 0) is 35.4 Å². The summed E-state index contributed by atoms with van der Waals surface area (Å²) in [4.78, 5) is 49.8. The molecule has 14 heteroatoms. The SMILES string of the molecule is [N-]=[N+]=NC1C(=O)N2C(C(=O)O)=C(SCCCNC(=O)OCc3ccc([N+](=O)[O-])cc3)CC12. The first-order valence-electron chi connectivity index (χ1n) is 9.44. The van der Waals surface area contributed by atoms with Crippen LogP contribution in [0.1, 0.15) is 18.4 Å². The van der Waals surface area contributed by atoms with Gasteiger partial charge < -0.3 is 20.1 Å². The molecule has 2 amide bonds. The summed E-state index contributed by atoms with van der Waals surface area (Å²) in [6, 6.07) is 4.30. The van der Waals surface area contributed by atoms with E-state index >= 15 is 0 Å². The summed E-state index contributed by atoms with van der Waals surface area (Å²) in [7, 11) is 0. The Balaban J connectivity index is 1.39. The minimum Gasteiger partial charge on any atom is -0.477 e. The van der Waals surface area contributed by atoms with Crippen LogP contribution >= 0.6 is 11.8 Å². The molecule has 0 radical (unpaired) electrons. The number of ether oxygens (including phenoxy) is 1. The van der Waals surface area contributed by atoms with Gasteiger partial charge in [0, 0.05) is 34.9 Å². The van der Waals surface area contributed by atoms with Crippen molar-refractivity contribution in [3.63, 3.8) is 0 Å². The lowest BCUT2D eigenvalue weighted by Crippen LogP contribution is -2.61. The Labute approximate surface area is 185 Å². The highest BCUT2D eigenvalue weighted by atomic mass is 32.2. The van der Waals surface area contributed by atoms with Gasteiger partial charge in [0.25, 0.3) is 5.69 Å². The molecule has 0 saturated carbocycles. The van der Waals surface area contributed by atoms with E-state index in [1.54, 1.807) is 0 Å². The van der Waals surface area contributed by atoms with Crippen LogP contribution in [0.5, 0.6) is 0 Å². The third-order valence-electron chi connectivity index (χ3n) is 4.85. The molecule has 0 aliphatic carbocycles. The van der Waals surface area contributed by atoms with Crippen LogP contribution in [0.2, 0.25) is 0 Å². The molecule has 2 atom stereocenters. The highest BCUT2D eigenvalue weighted by Gasteiger charge is 2.54. The van der Waals surface area contributed by atoms with Crippen molar-refractivity contribution in [2.75, 3.05) is 12.3 Å². The van der Waals surface area contributed by atoms with Gasteiger partial charge in [-0.15, -0.1) is 11.8 Å². The van der Waals surface area contributed by atoms with Gasteiger partial charge in [0.15, 0.2) is 0 Å². The van der Waals surface area contributed by atoms with E-state index in [-0.39, 0.29) is 24.5 Å². The van der Waals surface area contributed by atoms with Crippen LogP contribution in [0.4, 0.5) is 10.5 Å². The molecule has 1 aromatic carbocycles. The van der Waals surface area contributed by atoms with Crippen molar-refractivity contribution in [1.82, 2.24) is 10.2 Å². The predicted molar refractivity (Wildman–Crippen MR) is 111 cm³/mol. The largest absolute Gasteiger partial charge is 0.477 e. The molecule has 1 fully saturated rings. The number of carbonyl (C=O) groups excluding carboxylic acids is 2. The third kappa shape index (κ3) is 4.92. The van der Waals surface area contributed by atoms with Gasteiger partial charge in [0.1, 0.15) is 18.3 Å². The number of nitro benzene ring substituents is 1. The van der Waals surface area contributed by atoms with Crippen LogP contribution in [0.3, 0.4) is 0 Å². The van der Waals surface area contributed by atoms with E-state index in [4.69, 9.17) is 10.3 Å². The molecule has 1 aromatic rings. The molecule has 2 aliphatic rings. The number of rotatable bonds is 10. The number of hydrogen-bond donors (Lipinski definition) is 2. The standard InChI is InChI=1S/C18H18N6O7S/c19-22-21-14-12-8-13(15(17(26)27)23(12)16(14)25)32-7-1-6-20-18(28)31-9-10-2-4-11(5-3-10)24(29)30/h2-5,12,14H,1,6-9H2,(H,20,28)(H,26,27). The average Bonchev–Trinajstić information content (AvgIpc) is 3.11. The van der Waals surface area contributed by atoms with Gasteiger partial charge in [-0.2, -0.15) is 0 Å². The van der Waals surface area contributed by atoms with Gasteiger partial charge in [0.05, 0.1) is 11.0 Å². The number of benzene rings is 1. The molecule has 0 spiro atoms. The van der Waals surface area contributed by atoms with Crippen LogP contribution < -0.4 is 5.32 Å². The number of thioether (sulfide) groups is 1. The number of aliphatic carboxylic acids is 1. The number of nitrogens with one attached hydrogen (secondary N) is 1. The summed E-state index contributed by atoms with van der Waals surface area (Å²) < 4.78 is 5.04. The Morgan fingerprint density at radius 1 is 1.41 bits per heavy atom. The molecule has 2 heterocycles. The lowest BCUT2D eigenvalue weighted by molar-refractivity contribution is -0.384. The highest BCUT2D eigenvalue weighted by Crippen LogP contribution is 2.44. The zero-order valence-electron chi connectivity index (χ0n) is 16.5. The molecule has 13 nitrogen and oxygen atoms in total. The van der Waals surface area contributed by atoms with Crippen LogP contribution in [0, 0.1) is 10.1 Å². The maximum Gasteiger partial charge on any atom is 0.407 e. The first kappa shape index (κ1) is 22.9. The Morgan fingerprint density at radius 2 is 2.12 bits per heavy atom. The third-order valence-corrected chi connectivity index (χ3v) is 6.05. The fraction of sp³-hybridized carbons (Fsp3) is 0.389. The van der Waals surface area contributed by atoms with Gasteiger partial charge in [-0.1, -0.05) is 5.11 Å². The quantitative estimate of drug-likeness (QED) is 0.101. The second kappa shape index (κ2) is 10.0. The van der Waals surface area contributed by atoms with Crippen molar-refractivity contribution < 1.29 is 29.2 Å². The molecule has 3 rings (SSSR count). The van der Waals surface area contributed by atoms with E-state index in [2.05, 4.69) is 15.3 Å². The number of amides is 2. The number of carboxylic acid groups (broad SMARTS) is 1. The number of fused-ring (bicyclic) bond motifs is 1. The molecule has 168 valence electrons. The van der Waals surface area contributed by atoms with E-state index in [1.807, 2.05) is 0 Å². The summed E-state index contributed by atoms with van der Waals surface area (Å²) in [6.07, 6.45) is 0.185. The van der Waals surface area contributed by atoms with Crippen molar-refractivity contribution >= 4 is 35.4 Å². The van der Waals surface area contributed by atoms with Gasteiger partial charge in [-0.3, -0.25) is 14.9 Å². The van der Waals surface area contributed by atoms with Gasteiger partial charge in [0.2, 0.25) is 5.91 Å². The van der Waals surface area contributed by atoms with Gasteiger partial charge in [-0.25, -0.2) is 9.59 Å². The average molecular weight is 462 g/mol. The number of alkyl carbamates (subject to hydrolysis) is 1. The fourth-order valence-electron chi connectivity index (χ4n) is 3.33. The summed E-state index contributed by atoms with van der Waals surface area (Å²) in [5, 5.41) is 26.1. The lowest BCUT2D eigenvalue weighted by atomic mass is 9.96. The fourth-order valence-corrected chi connectivity index (χ4v) is 4.48. The van der Waals surface area contributed by atoms with Crippen LogP contribution in [-0.4, -0.2) is 57.3 Å². The minimum absolute atomic E-state index is 0.0367. The van der Waals surface area contributed by atoms with Crippen molar-refractivity contribution in [1.29, 1.82) is 0 Å². The zero-order valence-corrected chi connectivity index (χ0v) is 17.4. The Bertz CT molecular complexity index is 1020. The lowest BCUT2D eigenvalue weighted by Gasteiger charge is -2.40. The van der Waals surface area contributed by atoms with Crippen LogP contribution in [0.25, 0.3) is 10.4 Å². The number of non-ortho nitro benzene ring substituents is 1. The van der Waals surface area contributed by atoms with Crippen molar-refractivity contribution in [2.45, 2.75) is 31.5 Å². The van der Waals surface area contributed by atoms with Crippen molar-refractivity contribution in [3.8, 4) is 0 Å². The second-order valence-corrected chi connectivity index (χ2v) is 8.02.